The van der Waals surface area contributed by atoms with Gasteiger partial charge in [-0.15, -0.1) is 0 Å². The monoisotopic (exact) mass is 483 g/mol. The van der Waals surface area contributed by atoms with Crippen LogP contribution in [0, 0.1) is 5.92 Å². The summed E-state index contributed by atoms with van der Waals surface area (Å²) < 4.78 is 21.8. The van der Waals surface area contributed by atoms with Crippen molar-refractivity contribution in [3.8, 4) is 34.3 Å². The molecule has 0 bridgehead atoms. The molecule has 4 rings (SSSR count). The van der Waals surface area contributed by atoms with E-state index in [1.165, 1.54) is 7.11 Å². The summed E-state index contributed by atoms with van der Waals surface area (Å²) in [5.41, 5.74) is 2.14. The average molecular weight is 484 g/mol. The Morgan fingerprint density at radius 3 is 2.37 bits per heavy atom. The third-order valence-corrected chi connectivity index (χ3v) is 6.10. The van der Waals surface area contributed by atoms with E-state index in [2.05, 4.69) is 20.3 Å². The highest BCUT2D eigenvalue weighted by molar-refractivity contribution is 5.84. The van der Waals surface area contributed by atoms with Gasteiger partial charge >= 0.3 is 6.09 Å². The van der Waals surface area contributed by atoms with Gasteiger partial charge in [-0.2, -0.15) is 0 Å². The maximum Gasteiger partial charge on any atom is 0.412 e. The van der Waals surface area contributed by atoms with Gasteiger partial charge < -0.3 is 34.1 Å². The van der Waals surface area contributed by atoms with Gasteiger partial charge in [0.2, 0.25) is 11.7 Å². The van der Waals surface area contributed by atoms with E-state index in [9.17, 15) is 9.59 Å². The maximum atomic E-state index is 12.5. The second-order valence-electron chi connectivity index (χ2n) is 8.24. The number of aromatic nitrogens is 3. The molecular weight excluding hydrogens is 454 g/mol. The summed E-state index contributed by atoms with van der Waals surface area (Å²) in [5, 5.41) is 2.81. The van der Waals surface area contributed by atoms with Gasteiger partial charge in [0.25, 0.3) is 0 Å². The van der Waals surface area contributed by atoms with Crippen molar-refractivity contribution in [2.45, 2.75) is 19.8 Å². The minimum Gasteiger partial charge on any atom is -0.493 e. The first-order chi connectivity index (χ1) is 16.9. The zero-order chi connectivity index (χ0) is 24.9. The second kappa shape index (κ2) is 10.5. The molecule has 2 N–H and O–H groups in total. The minimum absolute atomic E-state index is 0.0853. The number of hydrogen-bond donors (Lipinski definition) is 2. The quantitative estimate of drug-likeness (QED) is 0.525. The van der Waals surface area contributed by atoms with Crippen LogP contribution in [0.5, 0.6) is 23.0 Å². The van der Waals surface area contributed by atoms with Gasteiger partial charge in [0.05, 0.1) is 33.2 Å². The van der Waals surface area contributed by atoms with Crippen LogP contribution in [0.4, 0.5) is 4.79 Å². The summed E-state index contributed by atoms with van der Waals surface area (Å²) in [7, 11) is 4.62. The molecule has 0 atom stereocenters. The molecule has 0 unspecified atom stereocenters. The third-order valence-electron chi connectivity index (χ3n) is 6.10. The Hall–Kier alpha value is -4.02. The topological polar surface area (TPSA) is 128 Å². The van der Waals surface area contributed by atoms with Crippen LogP contribution in [0.3, 0.4) is 0 Å². The maximum absolute atomic E-state index is 12.5. The van der Waals surface area contributed by atoms with Gasteiger partial charge in [0.1, 0.15) is 0 Å². The van der Waals surface area contributed by atoms with Gasteiger partial charge in [-0.25, -0.2) is 14.8 Å². The number of methoxy groups -OCH3 is 3. The summed E-state index contributed by atoms with van der Waals surface area (Å²) in [6, 6.07) is 3.54. The van der Waals surface area contributed by atoms with Crippen LogP contribution in [0.15, 0.2) is 24.5 Å². The number of amides is 2. The van der Waals surface area contributed by atoms with Gasteiger partial charge in [-0.1, -0.05) is 0 Å². The predicted octanol–water partition coefficient (Wildman–Crippen LogP) is 3.00. The van der Waals surface area contributed by atoms with Crippen molar-refractivity contribution in [3.63, 3.8) is 0 Å². The fraction of sp³-hybridized carbons (Fsp3) is 0.417. The molecule has 186 valence electrons. The van der Waals surface area contributed by atoms with Gasteiger partial charge in [0.15, 0.2) is 28.4 Å². The first kappa shape index (κ1) is 24.1. The molecular formula is C24H29N5O6. The molecule has 2 amide bonds. The number of nitrogens with one attached hydrogen (secondary N) is 2. The lowest BCUT2D eigenvalue weighted by Gasteiger charge is -2.31. The molecule has 1 aliphatic rings. The Morgan fingerprint density at radius 2 is 1.77 bits per heavy atom. The Balaban J connectivity index is 1.47. The number of likely N-dealkylation sites (tertiary alicyclic amines) is 1. The summed E-state index contributed by atoms with van der Waals surface area (Å²) >= 11 is 0. The smallest absolute Gasteiger partial charge is 0.412 e. The molecule has 0 saturated carbocycles. The number of piperidine rings is 1. The van der Waals surface area contributed by atoms with E-state index >= 15 is 0 Å². The standard InChI is InChI=1S/C24H29N5O6/c1-14(30)29-7-5-15(6-8-29)11-27-24(31)35-20-13-26-23-21(20)28-17(12-25-23)16-9-18(32-2)22(34-4)19(10-16)33-3/h9-10,12-13,15H,5-8,11H2,1-4H3,(H,25,26)(H,27,31). The van der Waals surface area contributed by atoms with E-state index in [0.717, 1.165) is 12.8 Å². The molecule has 0 radical (unpaired) electrons. The van der Waals surface area contributed by atoms with Crippen LogP contribution in [-0.4, -0.2) is 72.8 Å². The van der Waals surface area contributed by atoms with Crippen LogP contribution >= 0.6 is 0 Å². The highest BCUT2D eigenvalue weighted by Crippen LogP contribution is 2.41. The molecule has 1 saturated heterocycles. The molecule has 3 heterocycles. The molecule has 1 fully saturated rings. The van der Waals surface area contributed by atoms with Gasteiger partial charge in [-0.05, 0) is 30.9 Å². The van der Waals surface area contributed by atoms with E-state index in [1.54, 1.807) is 45.7 Å². The molecule has 1 aromatic carbocycles. The SMILES string of the molecule is COc1cc(-c2cnc3[nH]cc(OC(=O)NCC4CCN(C(C)=O)CC4)c3n2)cc(OC)c1OC. The Morgan fingerprint density at radius 1 is 1.09 bits per heavy atom. The molecule has 0 aliphatic carbocycles. The van der Waals surface area contributed by atoms with E-state index in [0.29, 0.717) is 65.2 Å². The van der Waals surface area contributed by atoms with Crippen LogP contribution < -0.4 is 24.3 Å². The Kier molecular flexibility index (Phi) is 7.23. The van der Waals surface area contributed by atoms with Crippen molar-refractivity contribution in [1.29, 1.82) is 0 Å². The predicted molar refractivity (Wildman–Crippen MR) is 128 cm³/mol. The van der Waals surface area contributed by atoms with Gasteiger partial charge in [-0.3, -0.25) is 4.79 Å². The van der Waals surface area contributed by atoms with Gasteiger partial charge in [0, 0.05) is 38.3 Å². The lowest BCUT2D eigenvalue weighted by atomic mass is 9.97. The van der Waals surface area contributed by atoms with Crippen molar-refractivity contribution in [2.75, 3.05) is 41.0 Å². The molecule has 11 nitrogen and oxygen atoms in total. The molecule has 3 aromatic rings. The van der Waals surface area contributed by atoms with E-state index in [4.69, 9.17) is 18.9 Å². The molecule has 11 heteroatoms. The number of H-pyrrole nitrogens is 1. The van der Waals surface area contributed by atoms with Crippen LogP contribution in [0.25, 0.3) is 22.4 Å². The minimum atomic E-state index is -0.570. The van der Waals surface area contributed by atoms with Crippen molar-refractivity contribution < 1.29 is 28.5 Å². The van der Waals surface area contributed by atoms with Crippen molar-refractivity contribution in [2.24, 2.45) is 5.92 Å². The summed E-state index contributed by atoms with van der Waals surface area (Å²) in [5.74, 6) is 2.10. The molecule has 0 spiro atoms. The number of carbonyl (C=O) groups is 2. The van der Waals surface area contributed by atoms with Crippen LogP contribution in [-0.2, 0) is 4.79 Å². The lowest BCUT2D eigenvalue weighted by Crippen LogP contribution is -2.41. The second-order valence-corrected chi connectivity index (χ2v) is 8.24. The summed E-state index contributed by atoms with van der Waals surface area (Å²) in [6.45, 7) is 3.47. The number of hydrogen-bond acceptors (Lipinski definition) is 8. The van der Waals surface area contributed by atoms with E-state index in [1.807, 2.05) is 4.90 Å². The molecule has 2 aromatic heterocycles. The molecule has 35 heavy (non-hydrogen) atoms. The summed E-state index contributed by atoms with van der Waals surface area (Å²) in [6.07, 6.45) is 4.28. The first-order valence-corrected chi connectivity index (χ1v) is 11.3. The number of fused-ring (bicyclic) bond motifs is 1. The van der Waals surface area contributed by atoms with Crippen molar-refractivity contribution >= 4 is 23.2 Å². The average Bonchev–Trinajstić information content (AvgIpc) is 3.28. The van der Waals surface area contributed by atoms with Crippen molar-refractivity contribution in [1.82, 2.24) is 25.2 Å². The summed E-state index contributed by atoms with van der Waals surface area (Å²) in [4.78, 5) is 37.8. The Labute approximate surface area is 202 Å². The van der Waals surface area contributed by atoms with Crippen molar-refractivity contribution in [3.05, 3.63) is 24.5 Å². The lowest BCUT2D eigenvalue weighted by molar-refractivity contribution is -0.130. The number of carbonyl (C=O) groups excluding carboxylic acids is 2. The fourth-order valence-corrected chi connectivity index (χ4v) is 4.13. The normalized spacial score (nSPS) is 14.0. The number of aromatic amines is 1. The zero-order valence-electron chi connectivity index (χ0n) is 20.2. The highest BCUT2D eigenvalue weighted by Gasteiger charge is 2.22. The fourth-order valence-electron chi connectivity index (χ4n) is 4.13. The highest BCUT2D eigenvalue weighted by atomic mass is 16.6. The molecule has 1 aliphatic heterocycles. The van der Waals surface area contributed by atoms with Crippen LogP contribution in [0.2, 0.25) is 0 Å². The first-order valence-electron chi connectivity index (χ1n) is 11.3. The number of nitrogens with zero attached hydrogens (tertiary/aromatic N) is 3. The largest absolute Gasteiger partial charge is 0.493 e. The Bertz CT molecular complexity index is 1190. The van der Waals surface area contributed by atoms with E-state index < -0.39 is 6.09 Å². The van der Waals surface area contributed by atoms with Crippen LogP contribution in [0.1, 0.15) is 19.8 Å². The number of ether oxygens (including phenoxy) is 4. The number of benzene rings is 1. The zero-order valence-corrected chi connectivity index (χ0v) is 20.2. The number of rotatable bonds is 7. The third kappa shape index (κ3) is 5.23. The van der Waals surface area contributed by atoms with E-state index in [-0.39, 0.29) is 11.7 Å².